The van der Waals surface area contributed by atoms with Crippen molar-refractivity contribution in [3.05, 3.63) is 58.1 Å². The highest BCUT2D eigenvalue weighted by molar-refractivity contribution is 7.87. The lowest BCUT2D eigenvalue weighted by molar-refractivity contribution is -0.387. The van der Waals surface area contributed by atoms with Crippen LogP contribution in [0.1, 0.15) is 18.9 Å². The van der Waals surface area contributed by atoms with Crippen molar-refractivity contribution in [2.45, 2.75) is 31.5 Å². The van der Waals surface area contributed by atoms with Crippen LogP contribution in [0.15, 0.2) is 47.4 Å². The minimum Gasteiger partial charge on any atom is -0.465 e. The second-order valence-electron chi connectivity index (χ2n) is 5.22. The third kappa shape index (κ3) is 4.68. The van der Waals surface area contributed by atoms with Gasteiger partial charge in [-0.05, 0) is 30.7 Å². The Labute approximate surface area is 144 Å². The van der Waals surface area contributed by atoms with Gasteiger partial charge in [0.25, 0.3) is 5.69 Å². The number of hydrogen-bond donors (Lipinski definition) is 1. The molecule has 0 spiro atoms. The lowest BCUT2D eigenvalue weighted by atomic mass is 10.2. The minimum atomic E-state index is -4.42. The molecule has 25 heavy (non-hydrogen) atoms. The molecule has 1 atom stereocenters. The molecule has 0 aliphatic carbocycles. The zero-order valence-corrected chi connectivity index (χ0v) is 14.4. The average molecular weight is 367 g/mol. The van der Waals surface area contributed by atoms with E-state index in [-0.39, 0.29) is 11.5 Å². The Balaban J connectivity index is 2.37. The van der Waals surface area contributed by atoms with E-state index in [4.69, 9.17) is 8.92 Å². The minimum absolute atomic E-state index is 0.0727. The Bertz CT molecular complexity index is 880. The fourth-order valence-electron chi connectivity index (χ4n) is 2.06. The number of nitro groups is 1. The Kier molecular flexibility index (Phi) is 5.60. The molecule has 1 unspecified atom stereocenters. The highest BCUT2D eigenvalue weighted by Gasteiger charge is 2.27. The summed E-state index contributed by atoms with van der Waals surface area (Å²) in [6.07, 6.45) is -0.694. The lowest BCUT2D eigenvalue weighted by Gasteiger charge is -2.14. The van der Waals surface area contributed by atoms with Crippen molar-refractivity contribution in [2.75, 3.05) is 0 Å². The molecule has 0 bridgehead atoms. The first-order valence-corrected chi connectivity index (χ1v) is 8.78. The first-order valence-electron chi connectivity index (χ1n) is 7.37. The van der Waals surface area contributed by atoms with Gasteiger partial charge < -0.3 is 14.0 Å². The van der Waals surface area contributed by atoms with Crippen LogP contribution in [0.5, 0.6) is 11.5 Å². The molecule has 0 aromatic heterocycles. The van der Waals surface area contributed by atoms with E-state index in [2.05, 4.69) is 0 Å². The smallest absolute Gasteiger partial charge is 0.346 e. The van der Waals surface area contributed by atoms with Crippen molar-refractivity contribution in [1.82, 2.24) is 0 Å². The molecule has 0 aliphatic heterocycles. The maximum Gasteiger partial charge on any atom is 0.346 e. The molecule has 0 aliphatic rings. The van der Waals surface area contributed by atoms with E-state index < -0.39 is 31.9 Å². The van der Waals surface area contributed by atoms with Gasteiger partial charge in [-0.15, -0.1) is 0 Å². The molecule has 0 fully saturated rings. The fraction of sp³-hybridized carbons (Fsp3) is 0.250. The predicted molar refractivity (Wildman–Crippen MR) is 89.0 cm³/mol. The fourth-order valence-corrected chi connectivity index (χ4v) is 3.14. The summed E-state index contributed by atoms with van der Waals surface area (Å²) < 4.78 is 35.1. The average Bonchev–Trinajstić information content (AvgIpc) is 2.53. The topological polar surface area (TPSA) is 116 Å². The number of aryl methyl sites for hydroxylation is 1. The van der Waals surface area contributed by atoms with Crippen molar-refractivity contribution in [2.24, 2.45) is 0 Å². The zero-order valence-electron chi connectivity index (χ0n) is 13.6. The van der Waals surface area contributed by atoms with Gasteiger partial charge >= 0.3 is 10.1 Å². The third-order valence-electron chi connectivity index (χ3n) is 3.18. The highest BCUT2D eigenvalue weighted by atomic mass is 32.2. The molecule has 1 N–H and O–H groups in total. The number of nitro benzene ring substituents is 1. The molecule has 0 saturated carbocycles. The third-order valence-corrected chi connectivity index (χ3v) is 4.48. The number of aliphatic hydroxyl groups is 1. The van der Waals surface area contributed by atoms with E-state index in [1.165, 1.54) is 24.3 Å². The van der Waals surface area contributed by atoms with Crippen molar-refractivity contribution < 1.29 is 27.4 Å². The predicted octanol–water partition coefficient (Wildman–Crippen LogP) is 2.78. The van der Waals surface area contributed by atoms with Crippen molar-refractivity contribution in [1.29, 1.82) is 0 Å². The van der Waals surface area contributed by atoms with E-state index in [0.29, 0.717) is 12.0 Å². The summed E-state index contributed by atoms with van der Waals surface area (Å²) in [6.45, 7) is 3.41. The lowest BCUT2D eigenvalue weighted by Crippen LogP contribution is -2.14. The van der Waals surface area contributed by atoms with E-state index in [9.17, 15) is 23.6 Å². The number of benzene rings is 2. The van der Waals surface area contributed by atoms with Crippen LogP contribution < -0.4 is 8.92 Å². The molecule has 2 aromatic rings. The number of para-hydroxylation sites is 1. The van der Waals surface area contributed by atoms with Crippen LogP contribution in [0, 0.1) is 17.0 Å². The van der Waals surface area contributed by atoms with Crippen LogP contribution in [-0.2, 0) is 10.1 Å². The van der Waals surface area contributed by atoms with Gasteiger partial charge in [0.1, 0.15) is 11.5 Å². The molecule has 2 aromatic carbocycles. The first kappa shape index (κ1) is 18.7. The van der Waals surface area contributed by atoms with Gasteiger partial charge in [-0.25, -0.2) is 0 Å². The second kappa shape index (κ2) is 7.49. The summed E-state index contributed by atoms with van der Waals surface area (Å²) in [4.78, 5) is 9.68. The number of hydrogen-bond acceptors (Lipinski definition) is 7. The van der Waals surface area contributed by atoms with Crippen molar-refractivity contribution in [3.63, 3.8) is 0 Å². The van der Waals surface area contributed by atoms with E-state index in [1.54, 1.807) is 19.9 Å². The normalized spacial score (nSPS) is 12.4. The first-order chi connectivity index (χ1) is 11.7. The Morgan fingerprint density at radius 2 is 1.84 bits per heavy atom. The Hall–Kier alpha value is -2.65. The van der Waals surface area contributed by atoms with Crippen LogP contribution in [-0.4, -0.2) is 24.7 Å². The van der Waals surface area contributed by atoms with Gasteiger partial charge in [0, 0.05) is 18.6 Å². The SMILES string of the molecule is CCC(O)Oc1cc(C)cc(OS(=O)(=O)c2ccccc2[N+](=O)[O-])c1. The quantitative estimate of drug-likeness (QED) is 0.346. The summed E-state index contributed by atoms with van der Waals surface area (Å²) in [6, 6.07) is 9.24. The molecule has 134 valence electrons. The van der Waals surface area contributed by atoms with Gasteiger partial charge in [-0.2, -0.15) is 8.42 Å². The molecule has 9 heteroatoms. The molecule has 0 saturated heterocycles. The molecule has 8 nitrogen and oxygen atoms in total. The van der Waals surface area contributed by atoms with Crippen LogP contribution >= 0.6 is 0 Å². The highest BCUT2D eigenvalue weighted by Crippen LogP contribution is 2.29. The van der Waals surface area contributed by atoms with Crippen molar-refractivity contribution in [3.8, 4) is 11.5 Å². The molecule has 0 amide bonds. The molecule has 2 rings (SSSR count). The van der Waals surface area contributed by atoms with E-state index in [0.717, 1.165) is 12.1 Å². The number of nitrogens with zero attached hydrogens (tertiary/aromatic N) is 1. The monoisotopic (exact) mass is 367 g/mol. The summed E-state index contributed by atoms with van der Waals surface area (Å²) in [5.41, 5.74) is 0.0570. The van der Waals surface area contributed by atoms with E-state index >= 15 is 0 Å². The molecule has 0 heterocycles. The number of aliphatic hydroxyl groups excluding tert-OH is 1. The van der Waals surface area contributed by atoms with Crippen LogP contribution in [0.2, 0.25) is 0 Å². The largest absolute Gasteiger partial charge is 0.465 e. The Morgan fingerprint density at radius 1 is 1.20 bits per heavy atom. The van der Waals surface area contributed by atoms with Gasteiger partial charge in [0.05, 0.1) is 4.92 Å². The summed E-state index contributed by atoms with van der Waals surface area (Å²) in [5.74, 6) is 0.151. The van der Waals surface area contributed by atoms with Gasteiger partial charge in [-0.3, -0.25) is 10.1 Å². The molecular formula is C16H17NO7S. The standard InChI is InChI=1S/C16H17NO7S/c1-3-16(18)23-12-8-11(2)9-13(10-12)24-25(21,22)15-7-5-4-6-14(15)17(19)20/h4-10,16,18H,3H2,1-2H3. The van der Waals surface area contributed by atoms with E-state index in [1.807, 2.05) is 0 Å². The van der Waals surface area contributed by atoms with Crippen LogP contribution in [0.4, 0.5) is 5.69 Å². The number of rotatable bonds is 7. The Morgan fingerprint density at radius 3 is 2.48 bits per heavy atom. The number of ether oxygens (including phenoxy) is 1. The second-order valence-corrected chi connectivity index (χ2v) is 6.74. The maximum atomic E-state index is 12.4. The zero-order chi connectivity index (χ0) is 18.6. The van der Waals surface area contributed by atoms with Gasteiger partial charge in [0.2, 0.25) is 0 Å². The van der Waals surface area contributed by atoms with Crippen LogP contribution in [0.3, 0.4) is 0 Å². The summed E-state index contributed by atoms with van der Waals surface area (Å²) in [5, 5.41) is 20.6. The van der Waals surface area contributed by atoms with Gasteiger partial charge in [0.15, 0.2) is 11.2 Å². The maximum absolute atomic E-state index is 12.4. The van der Waals surface area contributed by atoms with Gasteiger partial charge in [-0.1, -0.05) is 19.1 Å². The van der Waals surface area contributed by atoms with Crippen molar-refractivity contribution >= 4 is 15.8 Å². The summed E-state index contributed by atoms with van der Waals surface area (Å²) in [7, 11) is -4.42. The molecule has 0 radical (unpaired) electrons. The molecular weight excluding hydrogens is 350 g/mol. The van der Waals surface area contributed by atoms with Crippen LogP contribution in [0.25, 0.3) is 0 Å². The summed E-state index contributed by atoms with van der Waals surface area (Å²) >= 11 is 0.